The van der Waals surface area contributed by atoms with E-state index in [9.17, 15) is 0 Å². The Balaban J connectivity index is 3.75. The predicted molar refractivity (Wildman–Crippen MR) is 51.0 cm³/mol. The van der Waals surface area contributed by atoms with E-state index < -0.39 is 16.1 Å². The quantitative estimate of drug-likeness (QED) is 0.429. The molecule has 2 heteroatoms. The molecule has 0 nitrogen and oxygen atoms in total. The van der Waals surface area contributed by atoms with E-state index in [1.807, 2.05) is 0 Å². The highest BCUT2D eigenvalue weighted by Crippen LogP contribution is 2.17. The van der Waals surface area contributed by atoms with Crippen LogP contribution in [0.2, 0.25) is 38.4 Å². The molecular formula is C7H19Si2+. The summed E-state index contributed by atoms with van der Waals surface area (Å²) in [6.07, 6.45) is 0. The Morgan fingerprint density at radius 2 is 1.33 bits per heavy atom. The van der Waals surface area contributed by atoms with Crippen molar-refractivity contribution in [2.24, 2.45) is 0 Å². The Morgan fingerprint density at radius 1 is 1.00 bits per heavy atom. The molecule has 0 bridgehead atoms. The first kappa shape index (κ1) is 9.30. The molecule has 0 aliphatic heterocycles. The normalized spacial score (nSPS) is 13.9. The molecule has 0 saturated carbocycles. The van der Waals surface area contributed by atoms with Gasteiger partial charge in [-0.25, -0.2) is 0 Å². The van der Waals surface area contributed by atoms with Gasteiger partial charge in [0.2, 0.25) is 0 Å². The summed E-state index contributed by atoms with van der Waals surface area (Å²) in [6.45, 7) is 16.2. The van der Waals surface area contributed by atoms with Crippen LogP contribution in [0.3, 0.4) is 0 Å². The lowest BCUT2D eigenvalue weighted by molar-refractivity contribution is 1.54. The summed E-state index contributed by atoms with van der Waals surface area (Å²) in [4.78, 5) is 0. The maximum absolute atomic E-state index is 4.23. The molecular weight excluding hydrogens is 140 g/mol. The van der Waals surface area contributed by atoms with Crippen LogP contribution >= 0.6 is 0 Å². The van der Waals surface area contributed by atoms with Crippen LogP contribution in [-0.2, 0) is 0 Å². The van der Waals surface area contributed by atoms with Crippen LogP contribution in [0.15, 0.2) is 0 Å². The summed E-state index contributed by atoms with van der Waals surface area (Å²) in [6, 6.07) is 0. The van der Waals surface area contributed by atoms with Crippen molar-refractivity contribution in [2.75, 3.05) is 0 Å². The Kier molecular flexibility index (Phi) is 2.59. The topological polar surface area (TPSA) is 0 Å². The fraction of sp³-hybridized carbons (Fsp3) is 0.857. The van der Waals surface area contributed by atoms with Gasteiger partial charge in [0.15, 0.2) is 0 Å². The second-order valence-corrected chi connectivity index (χ2v) is 15.8. The molecule has 0 aromatic rings. The molecule has 0 aromatic carbocycles. The summed E-state index contributed by atoms with van der Waals surface area (Å²) in [7, 11) is -1.77. The Morgan fingerprint density at radius 3 is 1.33 bits per heavy atom. The fourth-order valence-corrected chi connectivity index (χ4v) is 12.9. The molecule has 0 saturated heterocycles. The van der Waals surface area contributed by atoms with E-state index in [0.29, 0.717) is 0 Å². The van der Waals surface area contributed by atoms with Crippen molar-refractivity contribution in [3.8, 4) is 0 Å². The third-order valence-electron chi connectivity index (χ3n) is 1.01. The number of hydrogen-bond acceptors (Lipinski definition) is 0. The van der Waals surface area contributed by atoms with Gasteiger partial charge < -0.3 is 0 Å². The summed E-state index contributed by atoms with van der Waals surface area (Å²) in [5.41, 5.74) is 1.46. The van der Waals surface area contributed by atoms with E-state index in [0.717, 1.165) is 0 Å². The second-order valence-electron chi connectivity index (χ2n) is 4.90. The average Bonchev–Trinajstić information content (AvgIpc) is 1.14. The lowest BCUT2D eigenvalue weighted by Crippen LogP contribution is -2.34. The van der Waals surface area contributed by atoms with E-state index in [1.54, 1.807) is 0 Å². The Bertz CT molecular complexity index is 72.1. The molecule has 0 aromatic heterocycles. The van der Waals surface area contributed by atoms with Crippen molar-refractivity contribution < 1.29 is 0 Å². The summed E-state index contributed by atoms with van der Waals surface area (Å²) in [5.74, 6) is 0. The van der Waals surface area contributed by atoms with Gasteiger partial charge in [0.25, 0.3) is 8.07 Å². The standard InChI is InChI=1S/C7H19Si2/c1-8(2,3)7-9(4,5)6/h1,7H2,2-6H3/q+1. The van der Waals surface area contributed by atoms with E-state index in [1.165, 1.54) is 5.67 Å². The number of rotatable bonds is 2. The monoisotopic (exact) mass is 159 g/mol. The Labute approximate surface area is 61.7 Å². The van der Waals surface area contributed by atoms with Gasteiger partial charge in [-0.1, -0.05) is 19.6 Å². The van der Waals surface area contributed by atoms with Gasteiger partial charge in [0.05, 0.1) is 0 Å². The van der Waals surface area contributed by atoms with Crippen LogP contribution in [-0.4, -0.2) is 16.1 Å². The van der Waals surface area contributed by atoms with Crippen molar-refractivity contribution in [1.29, 1.82) is 0 Å². The molecule has 0 heterocycles. The average molecular weight is 159 g/mol. The minimum absolute atomic E-state index is 0.793. The minimum atomic E-state index is -0.981. The van der Waals surface area contributed by atoms with Crippen LogP contribution in [0, 0.1) is 6.55 Å². The van der Waals surface area contributed by atoms with E-state index >= 15 is 0 Å². The van der Waals surface area contributed by atoms with Crippen molar-refractivity contribution in [3.63, 3.8) is 0 Å². The molecule has 9 heavy (non-hydrogen) atoms. The third kappa shape index (κ3) is 8.30. The molecule has 0 amide bonds. The van der Waals surface area contributed by atoms with Gasteiger partial charge in [-0.3, -0.25) is 0 Å². The van der Waals surface area contributed by atoms with Gasteiger partial charge >= 0.3 is 0 Å². The number of hydrogen-bond donors (Lipinski definition) is 0. The summed E-state index contributed by atoms with van der Waals surface area (Å²) < 4.78 is 0. The highest BCUT2D eigenvalue weighted by atomic mass is 28.4. The molecule has 54 valence electrons. The van der Waals surface area contributed by atoms with E-state index in [2.05, 4.69) is 39.3 Å². The zero-order valence-electron chi connectivity index (χ0n) is 7.41. The zero-order valence-corrected chi connectivity index (χ0v) is 9.41. The van der Waals surface area contributed by atoms with Crippen LogP contribution in [0.5, 0.6) is 0 Å². The molecule has 0 spiro atoms. The van der Waals surface area contributed by atoms with Gasteiger partial charge in [0.1, 0.15) is 0 Å². The largest absolute Gasteiger partial charge is 0.256 e. The van der Waals surface area contributed by atoms with Gasteiger partial charge in [-0.15, -0.1) is 0 Å². The first-order valence-electron chi connectivity index (χ1n) is 3.56. The third-order valence-corrected chi connectivity index (χ3v) is 9.08. The maximum Gasteiger partial charge on any atom is 0.256 e. The summed E-state index contributed by atoms with van der Waals surface area (Å²) in [5, 5.41) is 0. The van der Waals surface area contributed by atoms with Crippen molar-refractivity contribution in [3.05, 3.63) is 6.55 Å². The molecule has 0 unspecified atom stereocenters. The van der Waals surface area contributed by atoms with Gasteiger partial charge in [-0.05, 0) is 18.8 Å². The highest BCUT2D eigenvalue weighted by molar-refractivity contribution is 6.95. The van der Waals surface area contributed by atoms with E-state index in [4.69, 9.17) is 0 Å². The molecule has 0 radical (unpaired) electrons. The molecule has 0 atom stereocenters. The van der Waals surface area contributed by atoms with Crippen molar-refractivity contribution in [1.82, 2.24) is 0 Å². The molecule has 0 fully saturated rings. The van der Waals surface area contributed by atoms with Gasteiger partial charge in [0, 0.05) is 14.6 Å². The molecule has 0 rings (SSSR count). The second kappa shape index (κ2) is 2.50. The summed E-state index contributed by atoms with van der Waals surface area (Å²) >= 11 is 0. The Hall–Kier alpha value is 0.304. The molecule has 0 aliphatic rings. The smallest absolute Gasteiger partial charge is 0.0696 e. The van der Waals surface area contributed by atoms with Crippen molar-refractivity contribution in [2.45, 2.75) is 38.4 Å². The maximum atomic E-state index is 4.23. The lowest BCUT2D eigenvalue weighted by Gasteiger charge is -2.19. The fourth-order valence-electron chi connectivity index (χ4n) is 1.44. The van der Waals surface area contributed by atoms with Crippen molar-refractivity contribution >= 4 is 16.1 Å². The van der Waals surface area contributed by atoms with E-state index in [-0.39, 0.29) is 0 Å². The molecule has 0 N–H and O–H groups in total. The first-order valence-corrected chi connectivity index (χ1v) is 10.7. The minimum Gasteiger partial charge on any atom is -0.0696 e. The van der Waals surface area contributed by atoms with Crippen LogP contribution in [0.4, 0.5) is 0 Å². The first-order chi connectivity index (χ1) is 3.71. The zero-order chi connectivity index (χ0) is 7.71. The lowest BCUT2D eigenvalue weighted by atomic mass is 11.7. The SMILES string of the molecule is [CH2+][Si](C)(C)C[Si](C)(C)C. The molecule has 0 aliphatic carbocycles. The highest BCUT2D eigenvalue weighted by Gasteiger charge is 2.31. The van der Waals surface area contributed by atoms with Gasteiger partial charge in [-0.2, -0.15) is 0 Å². The van der Waals surface area contributed by atoms with Crippen LogP contribution in [0.1, 0.15) is 0 Å². The predicted octanol–water partition coefficient (Wildman–Crippen LogP) is 2.95. The van der Waals surface area contributed by atoms with Crippen LogP contribution < -0.4 is 0 Å². The van der Waals surface area contributed by atoms with Crippen LogP contribution in [0.25, 0.3) is 0 Å².